The lowest BCUT2D eigenvalue weighted by Gasteiger charge is -2.16. The van der Waals surface area contributed by atoms with Crippen LogP contribution in [-0.4, -0.2) is 39.6 Å². The summed E-state index contributed by atoms with van der Waals surface area (Å²) in [6.07, 6.45) is 9.11. The van der Waals surface area contributed by atoms with Crippen LogP contribution in [0.25, 0.3) is 33.7 Å². The first-order valence-electron chi connectivity index (χ1n) is 18.0. The predicted octanol–water partition coefficient (Wildman–Crippen LogP) is 8.97. The van der Waals surface area contributed by atoms with Crippen LogP contribution in [0.4, 0.5) is 0 Å². The summed E-state index contributed by atoms with van der Waals surface area (Å²) < 4.78 is 13.8. The van der Waals surface area contributed by atoms with Gasteiger partial charge in [0.25, 0.3) is 0 Å². The van der Waals surface area contributed by atoms with E-state index in [1.54, 1.807) is 0 Å². The van der Waals surface area contributed by atoms with Gasteiger partial charge in [0, 0.05) is 75.8 Å². The maximum atomic E-state index is 12.3. The number of aromatic nitrogens is 5. The smallest absolute Gasteiger partial charge is 0.305 e. The van der Waals surface area contributed by atoms with Gasteiger partial charge in [-0.15, -0.1) is 0 Å². The van der Waals surface area contributed by atoms with Gasteiger partial charge in [-0.3, -0.25) is 9.78 Å². The van der Waals surface area contributed by atoms with Gasteiger partial charge in [-0.05, 0) is 112 Å². The van der Waals surface area contributed by atoms with Crippen molar-refractivity contribution in [2.45, 2.75) is 106 Å². The van der Waals surface area contributed by atoms with Crippen LogP contribution in [0.1, 0.15) is 121 Å². The largest absolute Gasteiger partial charge is 0.469 e. The zero-order valence-electron chi connectivity index (χ0n) is 31.2. The number of allylic oxidation sites excluding steroid dienone is 1. The second-order valence-corrected chi connectivity index (χ2v) is 14.1. The lowest BCUT2D eigenvalue weighted by atomic mass is 9.86. The Morgan fingerprint density at radius 2 is 1.66 bits per heavy atom. The van der Waals surface area contributed by atoms with Crippen LogP contribution in [0.5, 0.6) is 0 Å². The summed E-state index contributed by atoms with van der Waals surface area (Å²) in [6, 6.07) is 10.9. The number of hydrogen-bond donors (Lipinski definition) is 2. The van der Waals surface area contributed by atoms with E-state index in [1.165, 1.54) is 23.8 Å². The number of nitrogens with one attached hydrogen (secondary N) is 2. The van der Waals surface area contributed by atoms with E-state index in [4.69, 9.17) is 19.4 Å². The van der Waals surface area contributed by atoms with Crippen LogP contribution >= 0.6 is 0 Å². The van der Waals surface area contributed by atoms with Crippen molar-refractivity contribution in [1.29, 1.82) is 0 Å². The van der Waals surface area contributed by atoms with Crippen molar-refractivity contribution < 1.29 is 18.8 Å². The fourth-order valence-corrected chi connectivity index (χ4v) is 7.59. The molecule has 0 saturated carbocycles. The average molecular weight is 675 g/mol. The fraction of sp³-hybridized carbons (Fsp3) is 0.429. The van der Waals surface area contributed by atoms with Crippen molar-refractivity contribution in [1.82, 2.24) is 19.9 Å². The fourth-order valence-electron chi connectivity index (χ4n) is 7.59. The average Bonchev–Trinajstić information content (AvgIpc) is 3.80. The van der Waals surface area contributed by atoms with Gasteiger partial charge < -0.3 is 19.4 Å². The monoisotopic (exact) mass is 674 g/mol. The van der Waals surface area contributed by atoms with E-state index in [1.807, 2.05) is 0 Å². The molecule has 262 valence electrons. The van der Waals surface area contributed by atoms with Gasteiger partial charge >= 0.3 is 5.97 Å². The van der Waals surface area contributed by atoms with Crippen molar-refractivity contribution in [3.8, 4) is 0 Å². The molecule has 0 aromatic carbocycles. The molecular weight excluding hydrogens is 622 g/mol. The van der Waals surface area contributed by atoms with Gasteiger partial charge in [0.1, 0.15) is 0 Å². The highest BCUT2D eigenvalue weighted by molar-refractivity contribution is 5.85. The number of carbonyl (C=O) groups excluding carboxylic acids is 1. The van der Waals surface area contributed by atoms with E-state index in [2.05, 4.69) is 119 Å². The number of H-pyrrole nitrogens is 2. The van der Waals surface area contributed by atoms with Gasteiger partial charge in [-0.2, -0.15) is 0 Å². The minimum Gasteiger partial charge on any atom is -0.469 e. The highest BCUT2D eigenvalue weighted by atomic mass is 16.5. The summed E-state index contributed by atoms with van der Waals surface area (Å²) in [5.74, 6) is -0.0311. The number of pyridine rings is 1. The molecule has 0 fully saturated rings. The van der Waals surface area contributed by atoms with Crippen LogP contribution < -0.4 is 4.57 Å². The molecule has 8 nitrogen and oxygen atoms in total. The quantitative estimate of drug-likeness (QED) is 0.0995. The molecule has 3 atom stereocenters. The van der Waals surface area contributed by atoms with Gasteiger partial charge in [0.05, 0.1) is 31.2 Å². The zero-order valence-corrected chi connectivity index (χ0v) is 31.2. The number of ether oxygens (including phenoxy) is 2. The maximum Gasteiger partial charge on any atom is 0.305 e. The molecule has 1 unspecified atom stereocenters. The van der Waals surface area contributed by atoms with Crippen LogP contribution in [0.3, 0.4) is 0 Å². The molecule has 50 heavy (non-hydrogen) atoms. The maximum absolute atomic E-state index is 12.3. The van der Waals surface area contributed by atoms with Crippen LogP contribution in [-0.2, 0) is 27.2 Å². The summed E-state index contributed by atoms with van der Waals surface area (Å²) in [5.41, 5.74) is 16.4. The molecule has 0 amide bonds. The number of hydrogen-bond acceptors (Lipinski definition) is 5. The molecule has 2 aliphatic heterocycles. The molecule has 4 aromatic rings. The molecule has 6 heterocycles. The first-order valence-corrected chi connectivity index (χ1v) is 18.0. The molecule has 8 bridgehead atoms. The lowest BCUT2D eigenvalue weighted by molar-refractivity contribution is -0.697. The van der Waals surface area contributed by atoms with E-state index < -0.39 is 0 Å². The number of methoxy groups -OCH3 is 1. The molecule has 6 rings (SSSR count). The molecule has 0 radical (unpaired) electrons. The molecule has 8 heteroatoms. The number of carbonyl (C=O) groups is 1. The summed E-state index contributed by atoms with van der Waals surface area (Å²) in [7, 11) is 1.45. The summed E-state index contributed by atoms with van der Waals surface area (Å²) in [6.45, 7) is 18.9. The van der Waals surface area contributed by atoms with Gasteiger partial charge in [0.2, 0.25) is 0 Å². The molecule has 2 N–H and O–H groups in total. The first-order chi connectivity index (χ1) is 24.0. The van der Waals surface area contributed by atoms with Crippen molar-refractivity contribution in [2.75, 3.05) is 13.7 Å². The molecule has 0 aliphatic carbocycles. The number of rotatable bonds is 10. The molecule has 0 saturated heterocycles. The van der Waals surface area contributed by atoms with Crippen LogP contribution in [0.15, 0.2) is 42.7 Å². The Morgan fingerprint density at radius 1 is 0.940 bits per heavy atom. The van der Waals surface area contributed by atoms with Crippen molar-refractivity contribution in [2.24, 2.45) is 0 Å². The topological polar surface area (TPSA) is 96.8 Å². The second kappa shape index (κ2) is 14.7. The Labute approximate surface area is 296 Å². The highest BCUT2D eigenvalue weighted by Crippen LogP contribution is 2.42. The van der Waals surface area contributed by atoms with E-state index >= 15 is 0 Å². The zero-order chi connectivity index (χ0) is 35.7. The minimum atomic E-state index is -0.201. The summed E-state index contributed by atoms with van der Waals surface area (Å²) in [4.78, 5) is 30.2. The number of aromatic amines is 2. The third-order valence-electron chi connectivity index (χ3n) is 10.8. The minimum absolute atomic E-state index is 0.0646. The molecular formula is C42H52N5O3+. The summed E-state index contributed by atoms with van der Waals surface area (Å²) in [5, 5.41) is 0. The standard InChI is InChI=1S/C42H52N5O3/c1-10-31-26(4)35-23-39-41(30(8)50-19-11-16-47-17-14-24(2)15-18-47)28(6)37(45-39)22-36-27(5)32(12-13-40(48)49-9)42(46-36)29(7)34-20-25(3)33(43-34)21-38(31)44-35/h14-15,17-18,20-23,27,30,32,44-45H,10-13,16,19H2,1-9H3/q+1/t27-,30?,32-/m0/s1. The van der Waals surface area contributed by atoms with Crippen molar-refractivity contribution >= 4 is 39.7 Å². The Kier molecular flexibility index (Phi) is 10.4. The van der Waals surface area contributed by atoms with Crippen molar-refractivity contribution in [3.63, 3.8) is 0 Å². The predicted molar refractivity (Wildman–Crippen MR) is 201 cm³/mol. The third kappa shape index (κ3) is 7.04. The normalized spacial score (nSPS) is 16.4. The first kappa shape index (κ1) is 35.3. The second-order valence-electron chi connectivity index (χ2n) is 14.1. The molecule has 0 spiro atoms. The Morgan fingerprint density at radius 3 is 2.38 bits per heavy atom. The number of aryl methyl sites for hydroxylation is 5. The number of fused-ring (bicyclic) bond motifs is 8. The van der Waals surface area contributed by atoms with Crippen LogP contribution in [0, 0.1) is 27.7 Å². The SMILES string of the molecule is CCc1c(C)c2cc3[nH]c(cc4nc(c(C)c5nc(cc1[nH]2)C(C)=C5)[C@@H](CCC(=O)OC)[C@@H]4C)c(C)c3C(C)OCCC[n+]1ccc(C)cc1. The molecule has 2 aliphatic rings. The van der Waals surface area contributed by atoms with Crippen LogP contribution in [0.2, 0.25) is 0 Å². The van der Waals surface area contributed by atoms with Gasteiger partial charge in [-0.25, -0.2) is 9.55 Å². The third-order valence-corrected chi connectivity index (χ3v) is 10.8. The Hall–Kier alpha value is -4.56. The Bertz CT molecular complexity index is 2100. The number of nitrogens with zero attached hydrogens (tertiary/aromatic N) is 3. The van der Waals surface area contributed by atoms with Gasteiger partial charge in [-0.1, -0.05) is 13.8 Å². The Balaban J connectivity index is 1.51. The van der Waals surface area contributed by atoms with E-state index in [-0.39, 0.29) is 23.9 Å². The van der Waals surface area contributed by atoms with E-state index in [9.17, 15) is 4.79 Å². The van der Waals surface area contributed by atoms with E-state index in [0.717, 1.165) is 86.5 Å². The number of esters is 1. The van der Waals surface area contributed by atoms with Gasteiger partial charge in [0.15, 0.2) is 18.9 Å². The van der Waals surface area contributed by atoms with E-state index in [0.29, 0.717) is 19.4 Å². The highest BCUT2D eigenvalue weighted by Gasteiger charge is 2.31. The molecule has 4 aromatic heterocycles. The lowest BCUT2D eigenvalue weighted by Crippen LogP contribution is -2.33. The van der Waals surface area contributed by atoms with Crippen molar-refractivity contribution in [3.05, 3.63) is 98.9 Å². The summed E-state index contributed by atoms with van der Waals surface area (Å²) >= 11 is 0.